The summed E-state index contributed by atoms with van der Waals surface area (Å²) in [5.74, 6) is 1.34. The summed E-state index contributed by atoms with van der Waals surface area (Å²) in [7, 11) is 1.65. The topological polar surface area (TPSA) is 30.5 Å². The smallest absolute Gasteiger partial charge is 0.124 e. The lowest BCUT2D eigenvalue weighted by Crippen LogP contribution is -2.13. The molecule has 0 bridgehead atoms. The molecule has 3 aromatic carbocycles. The molecule has 148 valence electrons. The van der Waals surface area contributed by atoms with Gasteiger partial charge < -0.3 is 14.8 Å². The van der Waals surface area contributed by atoms with Crippen LogP contribution in [0.2, 0.25) is 5.02 Å². The molecule has 3 rings (SSSR count). The number of halogens is 3. The van der Waals surface area contributed by atoms with Crippen LogP contribution < -0.4 is 14.8 Å². The third-order valence-corrected chi connectivity index (χ3v) is 4.37. The van der Waals surface area contributed by atoms with Crippen LogP contribution in [0.4, 0.5) is 4.39 Å². The second-order valence-corrected chi connectivity index (χ2v) is 6.56. The fourth-order valence-electron chi connectivity index (χ4n) is 2.65. The van der Waals surface area contributed by atoms with Gasteiger partial charge in [0.25, 0.3) is 0 Å². The van der Waals surface area contributed by atoms with Gasteiger partial charge in [-0.2, -0.15) is 0 Å². The van der Waals surface area contributed by atoms with E-state index in [2.05, 4.69) is 5.32 Å². The van der Waals surface area contributed by atoms with Crippen LogP contribution in [0, 0.1) is 5.82 Å². The van der Waals surface area contributed by atoms with Gasteiger partial charge in [0.1, 0.15) is 23.9 Å². The lowest BCUT2D eigenvalue weighted by molar-refractivity contribution is 0.302. The molecule has 0 aliphatic rings. The van der Waals surface area contributed by atoms with Crippen molar-refractivity contribution in [3.63, 3.8) is 0 Å². The molecule has 0 amide bonds. The van der Waals surface area contributed by atoms with E-state index < -0.39 is 0 Å². The Morgan fingerprint density at radius 1 is 0.893 bits per heavy atom. The maximum atomic E-state index is 13.0. The van der Waals surface area contributed by atoms with E-state index in [9.17, 15) is 4.39 Å². The highest BCUT2D eigenvalue weighted by Crippen LogP contribution is 2.24. The molecule has 3 nitrogen and oxygen atoms in total. The summed E-state index contributed by atoms with van der Waals surface area (Å²) in [5, 5.41) is 4.06. The Bertz CT molecular complexity index is 871. The van der Waals surface area contributed by atoms with Gasteiger partial charge in [0, 0.05) is 23.7 Å². The molecule has 28 heavy (non-hydrogen) atoms. The summed E-state index contributed by atoms with van der Waals surface area (Å²) < 4.78 is 24.1. The maximum absolute atomic E-state index is 13.0. The highest BCUT2D eigenvalue weighted by molar-refractivity contribution is 6.30. The van der Waals surface area contributed by atoms with Gasteiger partial charge in [0.05, 0.1) is 7.11 Å². The van der Waals surface area contributed by atoms with E-state index in [1.807, 2.05) is 36.4 Å². The highest BCUT2D eigenvalue weighted by atomic mass is 35.5. The van der Waals surface area contributed by atoms with Gasteiger partial charge in [0.15, 0.2) is 0 Å². The summed E-state index contributed by atoms with van der Waals surface area (Å²) >= 11 is 6.14. The average molecular weight is 422 g/mol. The van der Waals surface area contributed by atoms with Crippen molar-refractivity contribution >= 4 is 24.0 Å². The number of benzene rings is 3. The van der Waals surface area contributed by atoms with Crippen molar-refractivity contribution in [3.8, 4) is 11.5 Å². The number of hydrogen-bond donors (Lipinski definition) is 1. The summed E-state index contributed by atoms with van der Waals surface area (Å²) in [6.07, 6.45) is 0. The van der Waals surface area contributed by atoms with Crippen molar-refractivity contribution in [2.75, 3.05) is 7.11 Å². The molecule has 1 N–H and O–H groups in total. The molecule has 0 aliphatic heterocycles. The predicted octanol–water partition coefficient (Wildman–Crippen LogP) is 5.78. The predicted molar refractivity (Wildman–Crippen MR) is 113 cm³/mol. The summed E-state index contributed by atoms with van der Waals surface area (Å²) in [4.78, 5) is 0. The maximum Gasteiger partial charge on any atom is 0.124 e. The molecule has 0 aromatic heterocycles. The van der Waals surface area contributed by atoms with Gasteiger partial charge in [-0.15, -0.1) is 12.4 Å². The monoisotopic (exact) mass is 421 g/mol. The van der Waals surface area contributed by atoms with Crippen LogP contribution in [0.5, 0.6) is 11.5 Å². The van der Waals surface area contributed by atoms with E-state index in [0.717, 1.165) is 28.2 Å². The Morgan fingerprint density at radius 3 is 2.25 bits per heavy atom. The van der Waals surface area contributed by atoms with E-state index >= 15 is 0 Å². The number of methoxy groups -OCH3 is 1. The molecular weight excluding hydrogens is 400 g/mol. The highest BCUT2D eigenvalue weighted by Gasteiger charge is 2.06. The molecule has 0 saturated carbocycles. The number of nitrogens with one attached hydrogen (secondary N) is 1. The fraction of sp³-hybridized carbons (Fsp3) is 0.182. The molecule has 0 spiro atoms. The van der Waals surface area contributed by atoms with Crippen molar-refractivity contribution in [2.45, 2.75) is 19.7 Å². The summed E-state index contributed by atoms with van der Waals surface area (Å²) in [5.41, 5.74) is 3.04. The number of rotatable bonds is 8. The van der Waals surface area contributed by atoms with E-state index in [1.54, 1.807) is 25.3 Å². The van der Waals surface area contributed by atoms with Crippen molar-refractivity contribution < 1.29 is 13.9 Å². The Labute approximate surface area is 175 Å². The van der Waals surface area contributed by atoms with Gasteiger partial charge in [-0.25, -0.2) is 4.39 Å². The minimum atomic E-state index is -0.256. The first-order valence-corrected chi connectivity index (χ1v) is 9.01. The second kappa shape index (κ2) is 10.9. The molecule has 6 heteroatoms. The summed E-state index contributed by atoms with van der Waals surface area (Å²) in [6, 6.07) is 19.8. The average Bonchev–Trinajstić information content (AvgIpc) is 2.69. The van der Waals surface area contributed by atoms with Gasteiger partial charge in [-0.3, -0.25) is 0 Å². The molecule has 0 aliphatic carbocycles. The van der Waals surface area contributed by atoms with Crippen LogP contribution in [-0.2, 0) is 19.7 Å². The normalized spacial score (nSPS) is 10.2. The van der Waals surface area contributed by atoms with Crippen LogP contribution in [0.1, 0.15) is 16.7 Å². The van der Waals surface area contributed by atoms with Crippen LogP contribution in [0.3, 0.4) is 0 Å². The lowest BCUT2D eigenvalue weighted by Gasteiger charge is -2.13. The van der Waals surface area contributed by atoms with E-state index in [1.165, 1.54) is 12.1 Å². The third-order valence-electron chi connectivity index (χ3n) is 4.13. The van der Waals surface area contributed by atoms with E-state index in [-0.39, 0.29) is 18.2 Å². The Hall–Kier alpha value is -2.27. The molecular formula is C22H22Cl2FNO2. The fourth-order valence-corrected chi connectivity index (χ4v) is 2.85. The van der Waals surface area contributed by atoms with Crippen LogP contribution in [0.15, 0.2) is 66.7 Å². The first kappa shape index (κ1) is 22.0. The van der Waals surface area contributed by atoms with Crippen molar-refractivity contribution in [3.05, 3.63) is 94.3 Å². The van der Waals surface area contributed by atoms with Crippen molar-refractivity contribution in [1.29, 1.82) is 0 Å². The van der Waals surface area contributed by atoms with Crippen LogP contribution in [0.25, 0.3) is 0 Å². The van der Waals surface area contributed by atoms with Gasteiger partial charge in [-0.1, -0.05) is 35.9 Å². The zero-order valence-corrected chi connectivity index (χ0v) is 17.0. The molecule has 0 atom stereocenters. The van der Waals surface area contributed by atoms with E-state index in [0.29, 0.717) is 24.7 Å². The minimum Gasteiger partial charge on any atom is -0.497 e. The first-order valence-electron chi connectivity index (χ1n) is 8.63. The Kier molecular flexibility index (Phi) is 8.58. The van der Waals surface area contributed by atoms with Crippen molar-refractivity contribution in [1.82, 2.24) is 5.32 Å². The quantitative estimate of drug-likeness (QED) is 0.499. The largest absolute Gasteiger partial charge is 0.497 e. The second-order valence-electron chi connectivity index (χ2n) is 6.12. The number of ether oxygens (including phenoxy) is 2. The van der Waals surface area contributed by atoms with Crippen LogP contribution >= 0.6 is 24.0 Å². The first-order chi connectivity index (χ1) is 13.1. The Balaban J connectivity index is 0.00000280. The van der Waals surface area contributed by atoms with Crippen molar-refractivity contribution in [2.24, 2.45) is 0 Å². The molecule has 0 fully saturated rings. The summed E-state index contributed by atoms with van der Waals surface area (Å²) in [6.45, 7) is 1.70. The lowest BCUT2D eigenvalue weighted by atomic mass is 10.1. The Morgan fingerprint density at radius 2 is 1.57 bits per heavy atom. The third kappa shape index (κ3) is 6.41. The molecule has 0 radical (unpaired) electrons. The van der Waals surface area contributed by atoms with Crippen LogP contribution in [-0.4, -0.2) is 7.11 Å². The van der Waals surface area contributed by atoms with E-state index in [4.69, 9.17) is 21.1 Å². The zero-order chi connectivity index (χ0) is 19.1. The van der Waals surface area contributed by atoms with Gasteiger partial charge in [0.2, 0.25) is 0 Å². The molecule has 0 unspecified atom stereocenters. The van der Waals surface area contributed by atoms with Gasteiger partial charge in [-0.05, 0) is 53.6 Å². The standard InChI is InChI=1S/C22H21ClFNO2.ClH/c1-26-21-9-4-16(5-10-21)13-25-14-18-12-19(23)6-11-22(18)27-15-17-2-7-20(24)8-3-17;/h2-12,25H,13-15H2,1H3;1H. The number of hydrogen-bond acceptors (Lipinski definition) is 3. The molecule has 3 aromatic rings. The molecule has 0 saturated heterocycles. The van der Waals surface area contributed by atoms with Gasteiger partial charge >= 0.3 is 0 Å². The molecule has 0 heterocycles. The zero-order valence-electron chi connectivity index (χ0n) is 15.5. The minimum absolute atomic E-state index is 0. The SMILES string of the molecule is COc1ccc(CNCc2cc(Cl)ccc2OCc2ccc(F)cc2)cc1.Cl.